The van der Waals surface area contributed by atoms with Crippen LogP contribution >= 0.6 is 0 Å². The van der Waals surface area contributed by atoms with E-state index in [1.165, 1.54) is 0 Å². The Morgan fingerprint density at radius 1 is 1.22 bits per heavy atom. The molecule has 0 aliphatic carbocycles. The number of rotatable bonds is 2. The van der Waals surface area contributed by atoms with Gasteiger partial charge in [-0.2, -0.15) is 4.98 Å². The normalized spacial score (nSPS) is 10.7. The monoisotopic (exact) mass is 241 g/mol. The molecule has 0 amide bonds. The molecule has 1 aromatic carbocycles. The molecule has 0 spiro atoms. The molecular formula is C13H11N3O2. The van der Waals surface area contributed by atoms with Gasteiger partial charge in [-0.05, 0) is 25.1 Å². The largest absolute Gasteiger partial charge is 0.459 e. The average molecular weight is 241 g/mol. The van der Waals surface area contributed by atoms with Crippen molar-refractivity contribution in [1.82, 2.24) is 10.1 Å². The summed E-state index contributed by atoms with van der Waals surface area (Å²) in [6, 6.07) is 9.17. The zero-order valence-electron chi connectivity index (χ0n) is 9.75. The summed E-state index contributed by atoms with van der Waals surface area (Å²) in [7, 11) is 0. The average Bonchev–Trinajstić information content (AvgIpc) is 2.97. The van der Waals surface area contributed by atoms with Crippen molar-refractivity contribution >= 4 is 5.69 Å². The van der Waals surface area contributed by atoms with Gasteiger partial charge in [-0.1, -0.05) is 17.3 Å². The molecule has 5 heteroatoms. The molecule has 0 bridgehead atoms. The fourth-order valence-corrected chi connectivity index (χ4v) is 1.70. The second-order valence-corrected chi connectivity index (χ2v) is 3.98. The highest BCUT2D eigenvalue weighted by molar-refractivity contribution is 5.62. The van der Waals surface area contributed by atoms with Crippen LogP contribution in [0.2, 0.25) is 0 Å². The minimum atomic E-state index is 0.370. The van der Waals surface area contributed by atoms with Gasteiger partial charge in [-0.25, -0.2) is 0 Å². The minimum Gasteiger partial charge on any atom is -0.459 e. The zero-order chi connectivity index (χ0) is 12.5. The molecular weight excluding hydrogens is 230 g/mol. The lowest BCUT2D eigenvalue weighted by Gasteiger charge is -1.95. The molecule has 2 N–H and O–H groups in total. The van der Waals surface area contributed by atoms with Gasteiger partial charge in [0.2, 0.25) is 5.82 Å². The summed E-state index contributed by atoms with van der Waals surface area (Å²) in [5.41, 5.74) is 8.15. The fraction of sp³-hybridized carbons (Fsp3) is 0.0769. The van der Waals surface area contributed by atoms with E-state index >= 15 is 0 Å². The standard InChI is InChI=1S/C13H11N3O2/c1-8-5-6-17-11(8)13-15-12(16-18-13)9-3-2-4-10(14)7-9/h2-7H,14H2,1H3. The summed E-state index contributed by atoms with van der Waals surface area (Å²) in [4.78, 5) is 4.30. The lowest BCUT2D eigenvalue weighted by molar-refractivity contribution is 0.416. The second-order valence-electron chi connectivity index (χ2n) is 3.98. The van der Waals surface area contributed by atoms with Gasteiger partial charge in [0.05, 0.1) is 6.26 Å². The van der Waals surface area contributed by atoms with E-state index < -0.39 is 0 Å². The lowest BCUT2D eigenvalue weighted by Crippen LogP contribution is -1.86. The third kappa shape index (κ3) is 1.75. The molecule has 2 heterocycles. The van der Waals surface area contributed by atoms with Crippen molar-refractivity contribution in [2.45, 2.75) is 6.92 Å². The van der Waals surface area contributed by atoms with Gasteiger partial charge in [0.15, 0.2) is 5.76 Å². The molecule has 0 unspecified atom stereocenters. The van der Waals surface area contributed by atoms with Crippen LogP contribution in [-0.4, -0.2) is 10.1 Å². The van der Waals surface area contributed by atoms with Crippen molar-refractivity contribution in [3.63, 3.8) is 0 Å². The van der Waals surface area contributed by atoms with E-state index in [1.54, 1.807) is 18.4 Å². The van der Waals surface area contributed by atoms with Crippen LogP contribution in [0.4, 0.5) is 5.69 Å². The number of aryl methyl sites for hydroxylation is 1. The predicted octanol–water partition coefficient (Wildman–Crippen LogP) is 2.89. The minimum absolute atomic E-state index is 0.370. The van der Waals surface area contributed by atoms with E-state index in [1.807, 2.05) is 25.1 Å². The molecule has 0 radical (unpaired) electrons. The van der Waals surface area contributed by atoms with Gasteiger partial charge in [-0.15, -0.1) is 0 Å². The number of nitrogens with zero attached hydrogens (tertiary/aromatic N) is 2. The number of anilines is 1. The predicted molar refractivity (Wildman–Crippen MR) is 66.6 cm³/mol. The summed E-state index contributed by atoms with van der Waals surface area (Å²) in [5.74, 6) is 1.46. The zero-order valence-corrected chi connectivity index (χ0v) is 9.75. The molecule has 0 aliphatic rings. The number of hydrogen-bond acceptors (Lipinski definition) is 5. The Morgan fingerprint density at radius 2 is 2.11 bits per heavy atom. The van der Waals surface area contributed by atoms with Gasteiger partial charge >= 0.3 is 0 Å². The van der Waals surface area contributed by atoms with Gasteiger partial charge in [0.25, 0.3) is 5.89 Å². The van der Waals surface area contributed by atoms with Crippen LogP contribution in [-0.2, 0) is 0 Å². The fourth-order valence-electron chi connectivity index (χ4n) is 1.70. The van der Waals surface area contributed by atoms with Gasteiger partial charge in [0, 0.05) is 16.8 Å². The first-order valence-electron chi connectivity index (χ1n) is 5.48. The first-order valence-corrected chi connectivity index (χ1v) is 5.48. The molecule has 0 saturated heterocycles. The second kappa shape index (κ2) is 4.03. The molecule has 2 aromatic heterocycles. The molecule has 90 valence electrons. The number of aromatic nitrogens is 2. The maximum atomic E-state index is 5.72. The Hall–Kier alpha value is -2.56. The Labute approximate surface area is 103 Å². The number of benzene rings is 1. The van der Waals surface area contributed by atoms with Crippen molar-refractivity contribution in [3.05, 3.63) is 42.2 Å². The van der Waals surface area contributed by atoms with Crippen molar-refractivity contribution in [1.29, 1.82) is 0 Å². The Bertz CT molecular complexity index is 685. The molecule has 0 saturated carbocycles. The Balaban J connectivity index is 2.02. The summed E-state index contributed by atoms with van der Waals surface area (Å²) in [5, 5.41) is 3.92. The first-order chi connectivity index (χ1) is 8.74. The van der Waals surface area contributed by atoms with Crippen LogP contribution in [0.3, 0.4) is 0 Å². The van der Waals surface area contributed by atoms with Gasteiger partial charge < -0.3 is 14.7 Å². The maximum absolute atomic E-state index is 5.72. The summed E-state index contributed by atoms with van der Waals surface area (Å²) in [6.07, 6.45) is 1.59. The highest BCUT2D eigenvalue weighted by atomic mass is 16.5. The van der Waals surface area contributed by atoms with Crippen molar-refractivity contribution in [2.75, 3.05) is 5.73 Å². The topological polar surface area (TPSA) is 78.1 Å². The third-order valence-electron chi connectivity index (χ3n) is 2.63. The molecule has 0 aliphatic heterocycles. The van der Waals surface area contributed by atoms with Crippen LogP contribution in [0.15, 0.2) is 45.5 Å². The number of furan rings is 1. The SMILES string of the molecule is Cc1ccoc1-c1nc(-c2cccc(N)c2)no1. The van der Waals surface area contributed by atoms with Crippen molar-refractivity contribution < 1.29 is 8.94 Å². The molecule has 0 fully saturated rings. The highest BCUT2D eigenvalue weighted by Crippen LogP contribution is 2.25. The van der Waals surface area contributed by atoms with Crippen LogP contribution in [0.1, 0.15) is 5.56 Å². The van der Waals surface area contributed by atoms with Crippen molar-refractivity contribution in [3.8, 4) is 23.0 Å². The van der Waals surface area contributed by atoms with E-state index in [9.17, 15) is 0 Å². The summed E-state index contributed by atoms with van der Waals surface area (Å²) >= 11 is 0. The van der Waals surface area contributed by atoms with Gasteiger partial charge in [0.1, 0.15) is 0 Å². The summed E-state index contributed by atoms with van der Waals surface area (Å²) < 4.78 is 10.5. The number of nitrogen functional groups attached to an aromatic ring is 1. The lowest BCUT2D eigenvalue weighted by atomic mass is 10.2. The van der Waals surface area contributed by atoms with E-state index in [4.69, 9.17) is 14.7 Å². The smallest absolute Gasteiger partial charge is 0.294 e. The summed E-state index contributed by atoms with van der Waals surface area (Å²) in [6.45, 7) is 1.92. The molecule has 18 heavy (non-hydrogen) atoms. The number of hydrogen-bond donors (Lipinski definition) is 1. The van der Waals surface area contributed by atoms with E-state index in [-0.39, 0.29) is 0 Å². The highest BCUT2D eigenvalue weighted by Gasteiger charge is 2.15. The van der Waals surface area contributed by atoms with E-state index in [0.717, 1.165) is 11.1 Å². The van der Waals surface area contributed by atoms with E-state index in [2.05, 4.69) is 10.1 Å². The Morgan fingerprint density at radius 3 is 2.83 bits per heavy atom. The maximum Gasteiger partial charge on any atom is 0.294 e. The van der Waals surface area contributed by atoms with Crippen LogP contribution in [0, 0.1) is 6.92 Å². The number of nitrogens with two attached hydrogens (primary N) is 1. The Kier molecular flexibility index (Phi) is 2.37. The van der Waals surface area contributed by atoms with Crippen LogP contribution in [0.25, 0.3) is 23.0 Å². The quantitative estimate of drug-likeness (QED) is 0.698. The molecule has 3 aromatic rings. The third-order valence-corrected chi connectivity index (χ3v) is 2.63. The van der Waals surface area contributed by atoms with Crippen LogP contribution < -0.4 is 5.73 Å². The van der Waals surface area contributed by atoms with Crippen LogP contribution in [0.5, 0.6) is 0 Å². The molecule has 3 rings (SSSR count). The first kappa shape index (κ1) is 10.6. The molecule has 0 atom stereocenters. The van der Waals surface area contributed by atoms with Crippen molar-refractivity contribution in [2.24, 2.45) is 0 Å². The van der Waals surface area contributed by atoms with E-state index in [0.29, 0.717) is 23.2 Å². The molecule has 5 nitrogen and oxygen atoms in total. The van der Waals surface area contributed by atoms with Gasteiger partial charge in [-0.3, -0.25) is 0 Å².